The first-order chi connectivity index (χ1) is 9.28. The van der Waals surface area contributed by atoms with Crippen LogP contribution < -0.4 is 10.9 Å². The van der Waals surface area contributed by atoms with Crippen LogP contribution in [0, 0.1) is 0 Å². The van der Waals surface area contributed by atoms with Gasteiger partial charge in [0.25, 0.3) is 11.3 Å². The molecule has 2 aromatic rings. The molecule has 0 radical (unpaired) electrons. The molecule has 0 spiro atoms. The predicted molar refractivity (Wildman–Crippen MR) is 71.0 cm³/mol. The van der Waals surface area contributed by atoms with Gasteiger partial charge in [-0.15, -0.1) is 0 Å². The summed E-state index contributed by atoms with van der Waals surface area (Å²) in [6.07, 6.45) is 3.88. The molecule has 102 valence electrons. The highest BCUT2D eigenvalue weighted by Gasteiger charge is 2.24. The number of hydrogen-bond acceptors (Lipinski definition) is 5. The average Bonchev–Trinajstić information content (AvgIpc) is 3.00. The number of rotatable bonds is 4. The number of likely N-dealkylation sites (tertiary alicyclic amines) is 1. The van der Waals surface area contributed by atoms with Crippen molar-refractivity contribution in [2.75, 3.05) is 20.1 Å². The molecular formula is C12H18N6O. The Kier molecular flexibility index (Phi) is 3.31. The predicted octanol–water partition coefficient (Wildman–Crippen LogP) is -0.399. The maximum Gasteiger partial charge on any atom is 0.274 e. The third kappa shape index (κ3) is 2.39. The van der Waals surface area contributed by atoms with Crippen molar-refractivity contribution in [3.05, 3.63) is 28.4 Å². The van der Waals surface area contributed by atoms with Crippen LogP contribution in [0.1, 0.15) is 18.5 Å². The normalized spacial score (nSPS) is 20.4. The van der Waals surface area contributed by atoms with Crippen molar-refractivity contribution in [1.29, 1.82) is 0 Å². The minimum absolute atomic E-state index is 0.109. The topological polar surface area (TPSA) is 78.3 Å². The van der Waals surface area contributed by atoms with Gasteiger partial charge in [-0.1, -0.05) is 0 Å². The van der Waals surface area contributed by atoms with Crippen LogP contribution in [0.2, 0.25) is 0 Å². The van der Waals surface area contributed by atoms with Crippen molar-refractivity contribution in [1.82, 2.24) is 29.8 Å². The van der Waals surface area contributed by atoms with Crippen LogP contribution in [-0.2, 0) is 6.54 Å². The smallest absolute Gasteiger partial charge is 0.274 e. The highest BCUT2D eigenvalue weighted by Crippen LogP contribution is 2.18. The first-order valence-corrected chi connectivity index (χ1v) is 6.58. The number of nitrogens with zero attached hydrogens (tertiary/aromatic N) is 4. The Labute approximate surface area is 110 Å². The molecule has 1 unspecified atom stereocenters. The van der Waals surface area contributed by atoms with E-state index in [4.69, 9.17) is 0 Å². The minimum Gasteiger partial charge on any atom is -0.318 e. The Bertz CT molecular complexity index is 618. The van der Waals surface area contributed by atoms with E-state index < -0.39 is 0 Å². The van der Waals surface area contributed by atoms with Gasteiger partial charge in [-0.2, -0.15) is 4.52 Å². The molecule has 2 N–H and O–H groups in total. The molecular weight excluding hydrogens is 244 g/mol. The van der Waals surface area contributed by atoms with Gasteiger partial charge in [-0.3, -0.25) is 14.8 Å². The highest BCUT2D eigenvalue weighted by atomic mass is 16.1. The van der Waals surface area contributed by atoms with Crippen molar-refractivity contribution in [3.8, 4) is 0 Å². The van der Waals surface area contributed by atoms with Gasteiger partial charge in [-0.05, 0) is 26.4 Å². The van der Waals surface area contributed by atoms with Gasteiger partial charge in [0, 0.05) is 25.2 Å². The van der Waals surface area contributed by atoms with Gasteiger partial charge >= 0.3 is 0 Å². The van der Waals surface area contributed by atoms with Gasteiger partial charge in [0.2, 0.25) is 0 Å². The summed E-state index contributed by atoms with van der Waals surface area (Å²) in [5.74, 6) is 0.437. The van der Waals surface area contributed by atoms with E-state index >= 15 is 0 Å². The Morgan fingerprint density at radius 2 is 2.47 bits per heavy atom. The average molecular weight is 262 g/mol. The summed E-state index contributed by atoms with van der Waals surface area (Å²) >= 11 is 0. The van der Waals surface area contributed by atoms with E-state index in [0.717, 1.165) is 18.8 Å². The molecule has 0 saturated carbocycles. The molecule has 2 aromatic heterocycles. The second kappa shape index (κ2) is 5.10. The maximum absolute atomic E-state index is 11.9. The number of aromatic amines is 1. The van der Waals surface area contributed by atoms with E-state index in [1.165, 1.54) is 23.7 Å². The summed E-state index contributed by atoms with van der Waals surface area (Å²) in [6, 6.07) is 2.12. The first kappa shape index (κ1) is 12.3. The van der Waals surface area contributed by atoms with Gasteiger partial charge in [0.15, 0.2) is 0 Å². The Hall–Kier alpha value is -1.73. The van der Waals surface area contributed by atoms with Crippen LogP contribution in [0.5, 0.6) is 0 Å². The van der Waals surface area contributed by atoms with E-state index in [1.807, 2.05) is 7.05 Å². The summed E-state index contributed by atoms with van der Waals surface area (Å²) in [5, 5.41) is 5.96. The summed E-state index contributed by atoms with van der Waals surface area (Å²) in [6.45, 7) is 2.75. The minimum atomic E-state index is -0.109. The standard InChI is InChI=1S/C12H18N6O/c1-13-6-10-3-2-4-17(10)7-9-5-11(19)18-12(16-9)14-8-15-18/h5,8,10,13H,2-4,6-7H2,1H3,(H,14,15,16). The SMILES string of the molecule is CNCC1CCCN1Cc1cc(=O)n2[nH]cnc2n1. The fraction of sp³-hybridized carbons (Fsp3) is 0.583. The van der Waals surface area contributed by atoms with Crippen LogP contribution in [0.25, 0.3) is 5.78 Å². The lowest BCUT2D eigenvalue weighted by molar-refractivity contribution is 0.239. The van der Waals surface area contributed by atoms with Crippen LogP contribution in [-0.4, -0.2) is 50.7 Å². The van der Waals surface area contributed by atoms with E-state index in [2.05, 4.69) is 25.3 Å². The van der Waals surface area contributed by atoms with E-state index in [-0.39, 0.29) is 5.56 Å². The van der Waals surface area contributed by atoms with Crippen molar-refractivity contribution < 1.29 is 0 Å². The van der Waals surface area contributed by atoms with Crippen LogP contribution in [0.4, 0.5) is 0 Å². The molecule has 1 fully saturated rings. The summed E-state index contributed by atoms with van der Waals surface area (Å²) < 4.78 is 1.35. The Morgan fingerprint density at radius 3 is 3.32 bits per heavy atom. The molecule has 0 aliphatic carbocycles. The van der Waals surface area contributed by atoms with Crippen molar-refractivity contribution in [3.63, 3.8) is 0 Å². The monoisotopic (exact) mass is 262 g/mol. The molecule has 1 aliphatic heterocycles. The molecule has 1 saturated heterocycles. The molecule has 1 aliphatic rings. The lowest BCUT2D eigenvalue weighted by Gasteiger charge is -2.23. The third-order valence-corrected chi connectivity index (χ3v) is 3.62. The number of hydrogen-bond donors (Lipinski definition) is 2. The zero-order valence-electron chi connectivity index (χ0n) is 11.0. The molecule has 19 heavy (non-hydrogen) atoms. The molecule has 0 aromatic carbocycles. The van der Waals surface area contributed by atoms with Crippen LogP contribution in [0.15, 0.2) is 17.2 Å². The Balaban J connectivity index is 1.82. The molecule has 0 amide bonds. The summed E-state index contributed by atoms with van der Waals surface area (Å²) in [4.78, 5) is 22.7. The first-order valence-electron chi connectivity index (χ1n) is 6.58. The molecule has 3 rings (SSSR count). The maximum atomic E-state index is 11.9. The van der Waals surface area contributed by atoms with Crippen LogP contribution in [0.3, 0.4) is 0 Å². The second-order valence-electron chi connectivity index (χ2n) is 4.93. The Morgan fingerprint density at radius 1 is 1.58 bits per heavy atom. The summed E-state index contributed by atoms with van der Waals surface area (Å²) in [7, 11) is 1.97. The quantitative estimate of drug-likeness (QED) is 0.784. The van der Waals surface area contributed by atoms with Crippen molar-refractivity contribution in [2.24, 2.45) is 0 Å². The zero-order valence-corrected chi connectivity index (χ0v) is 11.0. The second-order valence-corrected chi connectivity index (χ2v) is 4.93. The zero-order chi connectivity index (χ0) is 13.2. The van der Waals surface area contributed by atoms with E-state index in [1.54, 1.807) is 6.07 Å². The molecule has 7 heteroatoms. The van der Waals surface area contributed by atoms with Gasteiger partial charge in [0.05, 0.1) is 5.69 Å². The molecule has 7 nitrogen and oxygen atoms in total. The number of H-pyrrole nitrogens is 1. The fourth-order valence-corrected chi connectivity index (χ4v) is 2.73. The number of fused-ring (bicyclic) bond motifs is 1. The lowest BCUT2D eigenvalue weighted by atomic mass is 10.2. The lowest BCUT2D eigenvalue weighted by Crippen LogP contribution is -2.36. The fourth-order valence-electron chi connectivity index (χ4n) is 2.73. The third-order valence-electron chi connectivity index (χ3n) is 3.62. The summed E-state index contributed by atoms with van der Waals surface area (Å²) in [5.41, 5.74) is 0.682. The van der Waals surface area contributed by atoms with Gasteiger partial charge < -0.3 is 5.32 Å². The van der Waals surface area contributed by atoms with E-state index in [0.29, 0.717) is 18.4 Å². The van der Waals surface area contributed by atoms with Crippen molar-refractivity contribution >= 4 is 5.78 Å². The highest BCUT2D eigenvalue weighted by molar-refractivity contribution is 5.26. The largest absolute Gasteiger partial charge is 0.318 e. The van der Waals surface area contributed by atoms with E-state index in [9.17, 15) is 4.79 Å². The van der Waals surface area contributed by atoms with Crippen molar-refractivity contribution in [2.45, 2.75) is 25.4 Å². The van der Waals surface area contributed by atoms with Gasteiger partial charge in [0.1, 0.15) is 6.33 Å². The number of likely N-dealkylation sites (N-methyl/N-ethyl adjacent to an activating group) is 1. The molecule has 1 atom stereocenters. The number of nitrogens with one attached hydrogen (secondary N) is 2. The molecule has 0 bridgehead atoms. The van der Waals surface area contributed by atoms with Gasteiger partial charge in [-0.25, -0.2) is 9.97 Å². The molecule has 3 heterocycles. The number of aromatic nitrogens is 4. The van der Waals surface area contributed by atoms with Crippen LogP contribution >= 0.6 is 0 Å².